The van der Waals surface area contributed by atoms with Gasteiger partial charge in [0.15, 0.2) is 0 Å². The second-order valence-corrected chi connectivity index (χ2v) is 9.95. The van der Waals surface area contributed by atoms with Crippen LogP contribution in [0.4, 0.5) is 30.4 Å². The van der Waals surface area contributed by atoms with E-state index in [2.05, 4.69) is 47.5 Å². The second-order valence-electron chi connectivity index (χ2n) is 9.95. The topological polar surface area (TPSA) is 35.8 Å². The lowest BCUT2D eigenvalue weighted by Crippen LogP contribution is -2.44. The number of hydrogen-bond acceptors (Lipinski definition) is 4. The Morgan fingerprint density at radius 3 is 2.36 bits per heavy atom. The van der Waals surface area contributed by atoms with Gasteiger partial charge < -0.3 is 19.7 Å². The molecule has 5 rings (SSSR count). The van der Waals surface area contributed by atoms with Crippen molar-refractivity contribution < 1.29 is 13.2 Å². The van der Waals surface area contributed by atoms with Crippen LogP contribution >= 0.6 is 0 Å². The number of fused-ring (bicyclic) bond motifs is 3. The molecule has 0 amide bonds. The van der Waals surface area contributed by atoms with Crippen molar-refractivity contribution in [2.45, 2.75) is 52.5 Å². The van der Waals surface area contributed by atoms with E-state index in [0.717, 1.165) is 41.7 Å². The summed E-state index contributed by atoms with van der Waals surface area (Å²) in [5.41, 5.74) is 4.70. The molecule has 0 saturated carbocycles. The lowest BCUT2D eigenvalue weighted by Gasteiger charge is -2.34. The number of anilines is 3. The molecular weight excluding hydrogens is 463 g/mol. The van der Waals surface area contributed by atoms with Crippen molar-refractivity contribution in [3.8, 4) is 0 Å². The van der Waals surface area contributed by atoms with Gasteiger partial charge in [-0.25, -0.2) is 4.99 Å². The molecule has 0 radical (unpaired) electrons. The molecule has 0 spiro atoms. The summed E-state index contributed by atoms with van der Waals surface area (Å²) in [5.74, 6) is 2.40. The average molecular weight is 496 g/mol. The fraction of sp³-hybridized carbons (Fsp3) is 0.393. The van der Waals surface area contributed by atoms with Crippen LogP contribution in [0, 0.1) is 5.92 Å². The normalized spacial score (nSPS) is 17.3. The molecule has 0 fully saturated rings. The molecule has 0 bridgehead atoms. The van der Waals surface area contributed by atoms with Crippen LogP contribution in [0.15, 0.2) is 59.6 Å². The summed E-state index contributed by atoms with van der Waals surface area (Å²) in [7, 11) is 2.07. The molecule has 0 aliphatic carbocycles. The summed E-state index contributed by atoms with van der Waals surface area (Å²) in [6, 6.07) is 15.7. The van der Waals surface area contributed by atoms with Gasteiger partial charge in [-0.05, 0) is 42.2 Å². The minimum absolute atomic E-state index is 0.224. The van der Waals surface area contributed by atoms with E-state index in [4.69, 9.17) is 4.99 Å². The lowest BCUT2D eigenvalue weighted by atomic mass is 10.0. The highest BCUT2D eigenvalue weighted by atomic mass is 19.4. The molecule has 1 unspecified atom stereocenters. The number of alkyl halides is 3. The molecule has 2 aliphatic rings. The third kappa shape index (κ3) is 4.33. The van der Waals surface area contributed by atoms with Gasteiger partial charge in [0, 0.05) is 37.1 Å². The number of guanidine groups is 1. The first-order valence-corrected chi connectivity index (χ1v) is 12.5. The van der Waals surface area contributed by atoms with E-state index < -0.39 is 11.7 Å². The molecule has 1 N–H and O–H groups in total. The van der Waals surface area contributed by atoms with Gasteiger partial charge in [-0.2, -0.15) is 13.2 Å². The van der Waals surface area contributed by atoms with E-state index >= 15 is 0 Å². The van der Waals surface area contributed by atoms with Crippen LogP contribution in [0.2, 0.25) is 0 Å². The molecule has 8 heteroatoms. The van der Waals surface area contributed by atoms with Crippen molar-refractivity contribution in [1.82, 2.24) is 9.47 Å². The van der Waals surface area contributed by atoms with E-state index in [-0.39, 0.29) is 6.04 Å². The van der Waals surface area contributed by atoms with Crippen molar-refractivity contribution in [2.75, 3.05) is 23.8 Å². The molecule has 0 saturated heterocycles. The van der Waals surface area contributed by atoms with Gasteiger partial charge in [-0.1, -0.05) is 51.1 Å². The first-order chi connectivity index (χ1) is 17.2. The third-order valence-electron chi connectivity index (χ3n) is 7.10. The van der Waals surface area contributed by atoms with Crippen molar-refractivity contribution in [1.29, 1.82) is 0 Å². The summed E-state index contributed by atoms with van der Waals surface area (Å²) in [6.07, 6.45) is -3.55. The van der Waals surface area contributed by atoms with Crippen LogP contribution in [0.1, 0.15) is 43.2 Å². The minimum atomic E-state index is -4.34. The molecule has 190 valence electrons. The molecule has 2 aromatic carbocycles. The standard InChI is InChI=1S/C28H32F3N5/c1-5-24-25-22(16-34(4)27-33-23(18(2)3)17-36(25)27)26(32-21-9-7-6-8-10-21)35(24)15-19-11-13-20(14-12-19)28(29,30)31/h6-14,18,23,32H,5,15-17H2,1-4H3. The maximum Gasteiger partial charge on any atom is 0.416 e. The van der Waals surface area contributed by atoms with Crippen LogP contribution in [0.5, 0.6) is 0 Å². The first kappa shape index (κ1) is 24.3. The van der Waals surface area contributed by atoms with Crippen molar-refractivity contribution in [2.24, 2.45) is 10.9 Å². The van der Waals surface area contributed by atoms with Crippen LogP contribution in [0.3, 0.4) is 0 Å². The van der Waals surface area contributed by atoms with Crippen molar-refractivity contribution >= 4 is 23.2 Å². The van der Waals surface area contributed by atoms with Crippen LogP contribution in [-0.4, -0.2) is 35.1 Å². The third-order valence-corrected chi connectivity index (χ3v) is 7.10. The SMILES string of the molecule is CCc1c2c(c(Nc3ccccc3)n1Cc1ccc(C(F)(F)F)cc1)CN(C)C1=NC(C(C)C)CN12. The van der Waals surface area contributed by atoms with E-state index in [1.54, 1.807) is 12.1 Å². The highest BCUT2D eigenvalue weighted by molar-refractivity contribution is 6.02. The Hall–Kier alpha value is -3.42. The van der Waals surface area contributed by atoms with Gasteiger partial charge in [-0.3, -0.25) is 0 Å². The monoisotopic (exact) mass is 495 g/mol. The van der Waals surface area contributed by atoms with Crippen molar-refractivity contribution in [3.63, 3.8) is 0 Å². The molecule has 1 aromatic heterocycles. The molecule has 1 atom stereocenters. The Morgan fingerprint density at radius 1 is 1.06 bits per heavy atom. The van der Waals surface area contributed by atoms with Gasteiger partial charge >= 0.3 is 6.18 Å². The van der Waals surface area contributed by atoms with Crippen LogP contribution in [-0.2, 0) is 25.7 Å². The predicted molar refractivity (Wildman–Crippen MR) is 139 cm³/mol. The van der Waals surface area contributed by atoms with E-state index in [1.165, 1.54) is 23.4 Å². The summed E-state index contributed by atoms with van der Waals surface area (Å²) in [5, 5.41) is 3.64. The first-order valence-electron chi connectivity index (χ1n) is 12.5. The summed E-state index contributed by atoms with van der Waals surface area (Å²) in [4.78, 5) is 9.57. The fourth-order valence-electron chi connectivity index (χ4n) is 5.19. The Labute approximate surface area is 210 Å². The van der Waals surface area contributed by atoms with Gasteiger partial charge in [-0.15, -0.1) is 0 Å². The van der Waals surface area contributed by atoms with E-state index in [0.29, 0.717) is 19.0 Å². The number of benzene rings is 2. The zero-order chi connectivity index (χ0) is 25.6. The second kappa shape index (κ2) is 9.22. The number of para-hydroxylation sites is 1. The Morgan fingerprint density at radius 2 is 1.75 bits per heavy atom. The van der Waals surface area contributed by atoms with Crippen molar-refractivity contribution in [3.05, 3.63) is 77.0 Å². The molecule has 3 aromatic rings. The van der Waals surface area contributed by atoms with E-state index in [1.807, 2.05) is 30.3 Å². The van der Waals surface area contributed by atoms with Gasteiger partial charge in [0.2, 0.25) is 5.96 Å². The maximum atomic E-state index is 13.1. The fourth-order valence-corrected chi connectivity index (χ4v) is 5.19. The van der Waals surface area contributed by atoms with Crippen LogP contribution < -0.4 is 10.2 Å². The summed E-state index contributed by atoms with van der Waals surface area (Å²) in [6.45, 7) is 8.54. The summed E-state index contributed by atoms with van der Waals surface area (Å²) >= 11 is 0. The largest absolute Gasteiger partial charge is 0.416 e. The van der Waals surface area contributed by atoms with Gasteiger partial charge in [0.25, 0.3) is 0 Å². The zero-order valence-electron chi connectivity index (χ0n) is 21.1. The number of rotatable bonds is 6. The summed E-state index contributed by atoms with van der Waals surface area (Å²) < 4.78 is 41.7. The number of aromatic nitrogens is 1. The lowest BCUT2D eigenvalue weighted by molar-refractivity contribution is -0.137. The zero-order valence-corrected chi connectivity index (χ0v) is 21.1. The Balaban J connectivity index is 1.62. The number of nitrogens with zero attached hydrogens (tertiary/aromatic N) is 4. The smallest absolute Gasteiger partial charge is 0.341 e. The molecule has 36 heavy (non-hydrogen) atoms. The van der Waals surface area contributed by atoms with Crippen LogP contribution in [0.25, 0.3) is 0 Å². The highest BCUT2D eigenvalue weighted by Gasteiger charge is 2.39. The van der Waals surface area contributed by atoms with Gasteiger partial charge in [0.1, 0.15) is 5.82 Å². The molecule has 5 nitrogen and oxygen atoms in total. The van der Waals surface area contributed by atoms with Gasteiger partial charge in [0.05, 0.1) is 23.8 Å². The number of hydrogen-bond donors (Lipinski definition) is 1. The average Bonchev–Trinajstić information content (AvgIpc) is 3.41. The Bertz CT molecular complexity index is 1260. The minimum Gasteiger partial charge on any atom is -0.341 e. The quantitative estimate of drug-likeness (QED) is 0.424. The number of halogens is 3. The van der Waals surface area contributed by atoms with E-state index in [9.17, 15) is 13.2 Å². The molecule has 2 aliphatic heterocycles. The molecule has 3 heterocycles. The number of nitrogens with one attached hydrogen (secondary N) is 1. The predicted octanol–water partition coefficient (Wildman–Crippen LogP) is 6.51. The molecular formula is C28H32F3N5. The Kier molecular flexibility index (Phi) is 6.22. The maximum absolute atomic E-state index is 13.1. The highest BCUT2D eigenvalue weighted by Crippen LogP contribution is 2.43. The number of aliphatic imine (C=N–C) groups is 1.